The predicted octanol–water partition coefficient (Wildman–Crippen LogP) is 4.42. The van der Waals surface area contributed by atoms with Gasteiger partial charge in [0.1, 0.15) is 5.75 Å². The zero-order chi connectivity index (χ0) is 25.4. The van der Waals surface area contributed by atoms with Crippen molar-refractivity contribution in [2.24, 2.45) is 23.2 Å². The van der Waals surface area contributed by atoms with Crippen molar-refractivity contribution >= 4 is 11.9 Å². The van der Waals surface area contributed by atoms with Gasteiger partial charge in [0.25, 0.3) is 0 Å². The van der Waals surface area contributed by atoms with Crippen molar-refractivity contribution in [1.82, 2.24) is 10.6 Å². The van der Waals surface area contributed by atoms with Crippen molar-refractivity contribution in [1.29, 1.82) is 0 Å². The third-order valence-corrected chi connectivity index (χ3v) is 9.38. The zero-order valence-corrected chi connectivity index (χ0v) is 21.4. The molecule has 4 atom stereocenters. The SMILES string of the molecule is COc1cc(F)c(OC2CCC(C)(C(=O)O)CC2)cc1CN[C@@H]1[C@H]2CC[C@H](C2)[C@@H]1C(=O)NC1CCC1. The summed E-state index contributed by atoms with van der Waals surface area (Å²) < 4.78 is 26.4. The highest BCUT2D eigenvalue weighted by atomic mass is 19.1. The molecule has 0 aromatic heterocycles. The number of carboxylic acids is 1. The Kier molecular flexibility index (Phi) is 7.16. The number of amides is 1. The number of benzene rings is 1. The Hall–Kier alpha value is -2.35. The van der Waals surface area contributed by atoms with Crippen LogP contribution in [-0.2, 0) is 16.1 Å². The molecule has 4 saturated carbocycles. The van der Waals surface area contributed by atoms with Gasteiger partial charge >= 0.3 is 5.97 Å². The van der Waals surface area contributed by atoms with E-state index in [2.05, 4.69) is 10.6 Å². The number of rotatable bonds is 9. The van der Waals surface area contributed by atoms with Crippen LogP contribution >= 0.6 is 0 Å². The van der Waals surface area contributed by atoms with Crippen LogP contribution in [-0.4, -0.2) is 42.3 Å². The monoisotopic (exact) mass is 502 g/mol. The molecule has 4 aliphatic carbocycles. The zero-order valence-electron chi connectivity index (χ0n) is 21.4. The first-order valence-corrected chi connectivity index (χ1v) is 13.6. The number of methoxy groups -OCH3 is 1. The summed E-state index contributed by atoms with van der Waals surface area (Å²) in [7, 11) is 1.53. The smallest absolute Gasteiger partial charge is 0.309 e. The Balaban J connectivity index is 1.25. The van der Waals surface area contributed by atoms with E-state index in [9.17, 15) is 19.1 Å². The van der Waals surface area contributed by atoms with Gasteiger partial charge in [-0.3, -0.25) is 9.59 Å². The van der Waals surface area contributed by atoms with Gasteiger partial charge in [-0.05, 0) is 89.0 Å². The van der Waals surface area contributed by atoms with Crippen LogP contribution in [0.3, 0.4) is 0 Å². The largest absolute Gasteiger partial charge is 0.496 e. The number of fused-ring (bicyclic) bond motifs is 2. The summed E-state index contributed by atoms with van der Waals surface area (Å²) in [6.45, 7) is 2.22. The first-order valence-electron chi connectivity index (χ1n) is 13.6. The van der Waals surface area contributed by atoms with E-state index in [4.69, 9.17) is 9.47 Å². The summed E-state index contributed by atoms with van der Waals surface area (Å²) >= 11 is 0. The van der Waals surface area contributed by atoms with E-state index in [-0.39, 0.29) is 29.7 Å². The lowest BCUT2D eigenvalue weighted by molar-refractivity contribution is -0.150. The number of carbonyl (C=O) groups excluding carboxylic acids is 1. The number of carboxylic acid groups (broad SMARTS) is 1. The molecule has 3 N–H and O–H groups in total. The average Bonchev–Trinajstić information content (AvgIpc) is 3.44. The van der Waals surface area contributed by atoms with Crippen molar-refractivity contribution in [3.63, 3.8) is 0 Å². The van der Waals surface area contributed by atoms with E-state index in [0.717, 1.165) is 37.7 Å². The van der Waals surface area contributed by atoms with E-state index in [1.807, 2.05) is 0 Å². The minimum absolute atomic E-state index is 0.0164. The van der Waals surface area contributed by atoms with Crippen molar-refractivity contribution in [3.05, 3.63) is 23.5 Å². The average molecular weight is 503 g/mol. The van der Waals surface area contributed by atoms with Gasteiger partial charge in [0, 0.05) is 30.3 Å². The van der Waals surface area contributed by atoms with E-state index < -0.39 is 17.2 Å². The van der Waals surface area contributed by atoms with Crippen LogP contribution in [0.25, 0.3) is 0 Å². The van der Waals surface area contributed by atoms with Crippen LogP contribution in [0.1, 0.15) is 76.7 Å². The highest BCUT2D eigenvalue weighted by Crippen LogP contribution is 2.49. The molecular weight excluding hydrogens is 463 g/mol. The first kappa shape index (κ1) is 25.3. The highest BCUT2D eigenvalue weighted by molar-refractivity contribution is 5.81. The van der Waals surface area contributed by atoms with Gasteiger partial charge in [-0.1, -0.05) is 0 Å². The molecule has 4 fully saturated rings. The molecule has 198 valence electrons. The lowest BCUT2D eigenvalue weighted by Crippen LogP contribution is -2.51. The predicted molar refractivity (Wildman–Crippen MR) is 132 cm³/mol. The van der Waals surface area contributed by atoms with Gasteiger partial charge < -0.3 is 25.2 Å². The van der Waals surface area contributed by atoms with Crippen LogP contribution in [0.2, 0.25) is 0 Å². The van der Waals surface area contributed by atoms with E-state index in [0.29, 0.717) is 55.9 Å². The Labute approximate surface area is 212 Å². The van der Waals surface area contributed by atoms with Crippen LogP contribution < -0.4 is 20.1 Å². The van der Waals surface area contributed by atoms with Crippen LogP contribution in [0, 0.1) is 29.0 Å². The van der Waals surface area contributed by atoms with E-state index in [1.54, 1.807) is 13.0 Å². The fraction of sp³-hybridized carbons (Fsp3) is 0.714. The van der Waals surface area contributed by atoms with E-state index >= 15 is 0 Å². The molecule has 4 aliphatic rings. The molecule has 1 amide bonds. The minimum atomic E-state index is -0.787. The molecule has 5 rings (SSSR count). The maximum Gasteiger partial charge on any atom is 0.309 e. The molecular formula is C28H39FN2O5. The number of halogens is 1. The first-order chi connectivity index (χ1) is 17.3. The number of hydrogen-bond donors (Lipinski definition) is 3. The van der Waals surface area contributed by atoms with E-state index in [1.165, 1.54) is 19.6 Å². The molecule has 0 spiro atoms. The molecule has 0 radical (unpaired) electrons. The van der Waals surface area contributed by atoms with Crippen molar-refractivity contribution in [3.8, 4) is 11.5 Å². The molecule has 2 bridgehead atoms. The maximum atomic E-state index is 14.9. The molecule has 0 saturated heterocycles. The lowest BCUT2D eigenvalue weighted by atomic mass is 9.75. The van der Waals surface area contributed by atoms with Crippen molar-refractivity contribution in [2.75, 3.05) is 7.11 Å². The number of nitrogens with one attached hydrogen (secondary N) is 2. The van der Waals surface area contributed by atoms with Crippen LogP contribution in [0.15, 0.2) is 12.1 Å². The molecule has 7 nitrogen and oxygen atoms in total. The lowest BCUT2D eigenvalue weighted by Gasteiger charge is -2.34. The quantitative estimate of drug-likeness (QED) is 0.463. The second-order valence-electron chi connectivity index (χ2n) is 11.7. The third-order valence-electron chi connectivity index (χ3n) is 9.38. The number of carbonyl (C=O) groups is 2. The van der Waals surface area contributed by atoms with Gasteiger partial charge in [0.05, 0.1) is 24.5 Å². The second-order valence-corrected chi connectivity index (χ2v) is 11.7. The minimum Gasteiger partial charge on any atom is -0.496 e. The molecule has 8 heteroatoms. The van der Waals surface area contributed by atoms with Crippen molar-refractivity contribution < 1.29 is 28.6 Å². The Morgan fingerprint density at radius 2 is 1.81 bits per heavy atom. The highest BCUT2D eigenvalue weighted by Gasteiger charge is 2.51. The molecule has 36 heavy (non-hydrogen) atoms. The molecule has 1 aromatic carbocycles. The van der Waals surface area contributed by atoms with Gasteiger partial charge in [0.15, 0.2) is 11.6 Å². The van der Waals surface area contributed by atoms with Gasteiger partial charge in [-0.15, -0.1) is 0 Å². The summed E-state index contributed by atoms with van der Waals surface area (Å²) in [4.78, 5) is 24.6. The molecule has 1 aromatic rings. The topological polar surface area (TPSA) is 96.9 Å². The number of ether oxygens (including phenoxy) is 2. The Morgan fingerprint density at radius 1 is 1.08 bits per heavy atom. The second kappa shape index (κ2) is 10.2. The fourth-order valence-electron chi connectivity index (χ4n) is 6.78. The number of hydrogen-bond acceptors (Lipinski definition) is 5. The summed E-state index contributed by atoms with van der Waals surface area (Å²) in [6.07, 6.45) is 8.65. The normalized spacial score (nSPS) is 33.7. The summed E-state index contributed by atoms with van der Waals surface area (Å²) in [5, 5.41) is 16.4. The summed E-state index contributed by atoms with van der Waals surface area (Å²) in [6, 6.07) is 3.50. The molecule has 0 heterocycles. The fourth-order valence-corrected chi connectivity index (χ4v) is 6.78. The van der Waals surface area contributed by atoms with Gasteiger partial charge in [0.2, 0.25) is 5.91 Å². The van der Waals surface area contributed by atoms with Crippen molar-refractivity contribution in [2.45, 2.75) is 95.9 Å². The van der Waals surface area contributed by atoms with Crippen LogP contribution in [0.4, 0.5) is 4.39 Å². The summed E-state index contributed by atoms with van der Waals surface area (Å²) in [5.74, 6) is 0.439. The maximum absolute atomic E-state index is 14.9. The number of aliphatic carboxylic acids is 1. The van der Waals surface area contributed by atoms with Gasteiger partial charge in [-0.2, -0.15) is 0 Å². The third kappa shape index (κ3) is 4.93. The summed E-state index contributed by atoms with van der Waals surface area (Å²) in [5.41, 5.74) is 0.0521. The standard InChI is InChI=1S/C28H39FN2O5/c1-28(27(33)34)10-8-20(9-11-28)36-23-13-18(22(35-2)14-21(23)29)15-30-25-17-7-6-16(12-17)24(25)26(32)31-19-4-3-5-19/h13-14,16-17,19-20,24-25,30H,3-12,15H2,1-2H3,(H,31,32)(H,33,34)/t16-,17+,20?,24+,25-,28?/m1/s1. The van der Waals surface area contributed by atoms with Gasteiger partial charge in [-0.25, -0.2) is 4.39 Å². The van der Waals surface area contributed by atoms with Crippen LogP contribution in [0.5, 0.6) is 11.5 Å². The Morgan fingerprint density at radius 3 is 2.44 bits per heavy atom. The molecule has 0 aliphatic heterocycles. The molecule has 0 unspecified atom stereocenters. The Bertz CT molecular complexity index is 988.